The molecule has 7 nitrogen and oxygen atoms in total. The van der Waals surface area contributed by atoms with Gasteiger partial charge in [-0.15, -0.1) is 0 Å². The summed E-state index contributed by atoms with van der Waals surface area (Å²) in [5, 5.41) is 1.57. The van der Waals surface area contributed by atoms with Gasteiger partial charge in [-0.25, -0.2) is 9.79 Å². The molecule has 3 aromatic carbocycles. The summed E-state index contributed by atoms with van der Waals surface area (Å²) >= 11 is 17.1. The number of hydrogen-bond acceptors (Lipinski definition) is 7. The normalized spacial score (nSPS) is 15.2. The third-order valence-corrected chi connectivity index (χ3v) is 7.77. The molecule has 1 amide bonds. The first-order chi connectivity index (χ1) is 18.7. The van der Waals surface area contributed by atoms with Crippen LogP contribution in [0.5, 0.6) is 11.5 Å². The van der Waals surface area contributed by atoms with E-state index in [1.54, 1.807) is 49.5 Å². The van der Waals surface area contributed by atoms with E-state index < -0.39 is 5.97 Å². The van der Waals surface area contributed by atoms with Gasteiger partial charge in [0, 0.05) is 22.7 Å². The van der Waals surface area contributed by atoms with Gasteiger partial charge in [0.2, 0.25) is 0 Å². The molecule has 1 aliphatic rings. The highest BCUT2D eigenvalue weighted by Crippen LogP contribution is 2.40. The van der Waals surface area contributed by atoms with E-state index in [4.69, 9.17) is 37.4 Å². The van der Waals surface area contributed by atoms with Crippen molar-refractivity contribution in [2.75, 3.05) is 20.8 Å². The summed E-state index contributed by atoms with van der Waals surface area (Å²) < 4.78 is 17.3. The second-order valence-electron chi connectivity index (χ2n) is 8.20. The van der Waals surface area contributed by atoms with Gasteiger partial charge in [0.05, 0.1) is 34.3 Å². The fraction of sp³-hybridized carbons (Fsp3) is 0.179. The number of thioether (sulfide) groups is 1. The van der Waals surface area contributed by atoms with Crippen molar-refractivity contribution in [3.63, 3.8) is 0 Å². The number of methoxy groups -OCH3 is 1. The highest BCUT2D eigenvalue weighted by molar-refractivity contribution is 9.10. The number of carbonyl (C=O) groups excluding carboxylic acids is 2. The molecule has 1 saturated heterocycles. The van der Waals surface area contributed by atoms with Crippen LogP contribution in [0.15, 0.2) is 69.0 Å². The quantitative estimate of drug-likeness (QED) is 0.183. The molecule has 0 bridgehead atoms. The van der Waals surface area contributed by atoms with Gasteiger partial charge >= 0.3 is 5.97 Å². The molecule has 0 saturated carbocycles. The molecule has 1 heterocycles. The van der Waals surface area contributed by atoms with Crippen molar-refractivity contribution in [1.29, 1.82) is 0 Å². The van der Waals surface area contributed by atoms with Crippen molar-refractivity contribution in [1.82, 2.24) is 4.90 Å². The van der Waals surface area contributed by atoms with E-state index in [9.17, 15) is 9.59 Å². The molecule has 1 aliphatic heterocycles. The van der Waals surface area contributed by atoms with Crippen LogP contribution in [0.3, 0.4) is 0 Å². The van der Waals surface area contributed by atoms with Crippen LogP contribution >= 0.6 is 50.9 Å². The summed E-state index contributed by atoms with van der Waals surface area (Å²) in [5.41, 5.74) is 2.55. The predicted octanol–water partition coefficient (Wildman–Crippen LogP) is 7.75. The van der Waals surface area contributed by atoms with E-state index >= 15 is 0 Å². The summed E-state index contributed by atoms with van der Waals surface area (Å²) in [7, 11) is 2.99. The largest absolute Gasteiger partial charge is 0.490 e. The lowest BCUT2D eigenvalue weighted by Gasteiger charge is -2.15. The highest BCUT2D eigenvalue weighted by Gasteiger charge is 2.30. The standard InChI is InChI=1S/C28H23BrCl2N2O5S/c1-4-37-23-12-16(11-21(29)25(23)38-15-18-5-8-19(30)14-22(18)31)13-24-26(34)33(2)28(39-24)32-20-9-6-17(7-10-20)27(35)36-3/h5-14H,4,15H2,1-3H3/b24-13-,32-28?. The van der Waals surface area contributed by atoms with Gasteiger partial charge in [0.25, 0.3) is 5.91 Å². The Hall–Kier alpha value is -2.98. The molecule has 1 fully saturated rings. The van der Waals surface area contributed by atoms with Crippen molar-refractivity contribution in [3.8, 4) is 11.5 Å². The Bertz CT molecular complexity index is 1480. The van der Waals surface area contributed by atoms with E-state index in [1.165, 1.54) is 23.8 Å². The van der Waals surface area contributed by atoms with Crippen LogP contribution in [0.25, 0.3) is 6.08 Å². The summed E-state index contributed by atoms with van der Waals surface area (Å²) in [6.45, 7) is 2.52. The molecule has 0 atom stereocenters. The number of nitrogens with zero attached hydrogens (tertiary/aromatic N) is 2. The van der Waals surface area contributed by atoms with Gasteiger partial charge in [-0.3, -0.25) is 9.69 Å². The molecule has 0 unspecified atom stereocenters. The SMILES string of the molecule is CCOc1cc(/C=C2\SC(=Nc3ccc(C(=O)OC)cc3)N(C)C2=O)cc(Br)c1OCc1ccc(Cl)cc1Cl. The minimum atomic E-state index is -0.426. The first-order valence-electron chi connectivity index (χ1n) is 11.7. The third kappa shape index (κ3) is 6.97. The molecule has 202 valence electrons. The fourth-order valence-electron chi connectivity index (χ4n) is 3.57. The second-order valence-corrected chi connectivity index (χ2v) is 10.9. The van der Waals surface area contributed by atoms with E-state index in [0.29, 0.717) is 53.9 Å². The molecule has 11 heteroatoms. The summed E-state index contributed by atoms with van der Waals surface area (Å²) in [6, 6.07) is 15.5. The van der Waals surface area contributed by atoms with Crippen LogP contribution in [0.1, 0.15) is 28.4 Å². The van der Waals surface area contributed by atoms with E-state index in [1.807, 2.05) is 25.1 Å². The zero-order valence-electron chi connectivity index (χ0n) is 21.2. The smallest absolute Gasteiger partial charge is 0.337 e. The third-order valence-electron chi connectivity index (χ3n) is 5.53. The molecular formula is C28H23BrCl2N2O5S. The Kier molecular flexibility index (Phi) is 9.61. The van der Waals surface area contributed by atoms with Gasteiger partial charge in [-0.1, -0.05) is 29.3 Å². The lowest BCUT2D eigenvalue weighted by Crippen LogP contribution is -2.23. The monoisotopic (exact) mass is 648 g/mol. The average molecular weight is 650 g/mol. The maximum atomic E-state index is 13.0. The minimum absolute atomic E-state index is 0.184. The second kappa shape index (κ2) is 12.9. The van der Waals surface area contributed by atoms with Gasteiger partial charge < -0.3 is 14.2 Å². The highest BCUT2D eigenvalue weighted by atomic mass is 79.9. The number of hydrogen-bond donors (Lipinski definition) is 0. The average Bonchev–Trinajstić information content (AvgIpc) is 3.16. The Balaban J connectivity index is 1.56. The van der Waals surface area contributed by atoms with Crippen molar-refractivity contribution < 1.29 is 23.8 Å². The molecule has 4 rings (SSSR count). The topological polar surface area (TPSA) is 77.4 Å². The molecular weight excluding hydrogens is 627 g/mol. The lowest BCUT2D eigenvalue weighted by molar-refractivity contribution is -0.121. The van der Waals surface area contributed by atoms with Gasteiger partial charge in [-0.2, -0.15) is 0 Å². The van der Waals surface area contributed by atoms with Crippen LogP contribution in [0, 0.1) is 0 Å². The number of carbonyl (C=O) groups is 2. The zero-order valence-corrected chi connectivity index (χ0v) is 25.1. The van der Waals surface area contributed by atoms with Crippen molar-refractivity contribution in [2.24, 2.45) is 4.99 Å². The molecule has 0 aromatic heterocycles. The molecule has 0 radical (unpaired) electrons. The number of aliphatic imine (C=N–C) groups is 1. The van der Waals surface area contributed by atoms with Crippen LogP contribution < -0.4 is 9.47 Å². The number of esters is 1. The Morgan fingerprint density at radius 3 is 2.51 bits per heavy atom. The van der Waals surface area contributed by atoms with Crippen LogP contribution in [0.4, 0.5) is 5.69 Å². The summed E-state index contributed by atoms with van der Waals surface area (Å²) in [6.07, 6.45) is 1.78. The maximum Gasteiger partial charge on any atom is 0.337 e. The number of likely N-dealkylation sites (N-methyl/N-ethyl adjacent to an activating group) is 1. The molecule has 3 aromatic rings. The van der Waals surface area contributed by atoms with Gasteiger partial charge in [0.15, 0.2) is 16.7 Å². The maximum absolute atomic E-state index is 13.0. The van der Waals surface area contributed by atoms with Crippen molar-refractivity contribution in [3.05, 3.63) is 90.7 Å². The van der Waals surface area contributed by atoms with Gasteiger partial charge in [0.1, 0.15) is 6.61 Å². The Morgan fingerprint density at radius 2 is 1.85 bits per heavy atom. The first-order valence-corrected chi connectivity index (χ1v) is 14.0. The van der Waals surface area contributed by atoms with Crippen LogP contribution in [-0.2, 0) is 16.1 Å². The van der Waals surface area contributed by atoms with Crippen LogP contribution in [0.2, 0.25) is 10.0 Å². The number of amidine groups is 1. The summed E-state index contributed by atoms with van der Waals surface area (Å²) in [5.74, 6) is 0.429. The Morgan fingerprint density at radius 1 is 1.10 bits per heavy atom. The number of halogens is 3. The molecule has 0 spiro atoms. The van der Waals surface area contributed by atoms with E-state index in [0.717, 1.165) is 11.1 Å². The molecule has 0 aliphatic carbocycles. The number of amides is 1. The lowest BCUT2D eigenvalue weighted by atomic mass is 10.1. The van der Waals surface area contributed by atoms with E-state index in [-0.39, 0.29) is 12.5 Å². The summed E-state index contributed by atoms with van der Waals surface area (Å²) in [4.78, 5) is 31.2. The number of benzene rings is 3. The van der Waals surface area contributed by atoms with E-state index in [2.05, 4.69) is 20.9 Å². The number of rotatable bonds is 8. The van der Waals surface area contributed by atoms with Crippen molar-refractivity contribution in [2.45, 2.75) is 13.5 Å². The first kappa shape index (κ1) is 29.0. The minimum Gasteiger partial charge on any atom is -0.490 e. The number of ether oxygens (including phenoxy) is 3. The molecule has 0 N–H and O–H groups in total. The Labute approximate surface area is 248 Å². The fourth-order valence-corrected chi connectivity index (χ4v) is 5.59. The zero-order chi connectivity index (χ0) is 28.1. The molecule has 39 heavy (non-hydrogen) atoms. The van der Waals surface area contributed by atoms with Gasteiger partial charge in [-0.05, 0) is 94.8 Å². The predicted molar refractivity (Wildman–Crippen MR) is 159 cm³/mol. The van der Waals surface area contributed by atoms with Crippen LogP contribution in [-0.4, -0.2) is 42.7 Å². The van der Waals surface area contributed by atoms with Crippen molar-refractivity contribution >= 4 is 79.7 Å².